The molecule has 0 aromatic heterocycles. The molecule has 0 bridgehead atoms. The smallest absolute Gasteiger partial charge is 0.0406 e. The van der Waals surface area contributed by atoms with Gasteiger partial charge < -0.3 is 10.6 Å². The Hall–Kier alpha value is -0.570. The predicted octanol–water partition coefficient (Wildman–Crippen LogP) is 3.33. The molecule has 1 aliphatic carbocycles. The molecule has 3 atom stereocenters. The number of likely N-dealkylation sites (N-methyl/N-ethyl adjacent to an activating group) is 1. The second-order valence-corrected chi connectivity index (χ2v) is 6.28. The Kier molecular flexibility index (Phi) is 5.26. The third-order valence-corrected chi connectivity index (χ3v) is 4.84. The summed E-state index contributed by atoms with van der Waals surface area (Å²) in [4.78, 5) is 2.53. The number of rotatable bonds is 5. The molecule has 1 saturated carbocycles. The minimum Gasteiger partial charge on any atom is -0.330 e. The summed E-state index contributed by atoms with van der Waals surface area (Å²) in [5.41, 5.74) is 7.24. The van der Waals surface area contributed by atoms with Gasteiger partial charge in [0.15, 0.2) is 0 Å². The second kappa shape index (κ2) is 6.74. The highest BCUT2D eigenvalue weighted by Gasteiger charge is 2.31. The van der Waals surface area contributed by atoms with E-state index in [2.05, 4.69) is 31.0 Å². The molecular weight excluding hydrogens is 256 g/mol. The van der Waals surface area contributed by atoms with E-state index in [1.54, 1.807) is 0 Å². The zero-order valence-corrected chi connectivity index (χ0v) is 12.7. The van der Waals surface area contributed by atoms with Crippen LogP contribution in [0.4, 0.5) is 0 Å². The number of hydrogen-bond donors (Lipinski definition) is 1. The van der Waals surface area contributed by atoms with Crippen LogP contribution < -0.4 is 5.73 Å². The fraction of sp³-hybridized carbons (Fsp3) is 0.625. The van der Waals surface area contributed by atoms with Crippen LogP contribution in [0.3, 0.4) is 0 Å². The maximum atomic E-state index is 5.93. The molecule has 3 unspecified atom stereocenters. The van der Waals surface area contributed by atoms with Gasteiger partial charge in [0.2, 0.25) is 0 Å². The maximum Gasteiger partial charge on any atom is 0.0406 e. The van der Waals surface area contributed by atoms with E-state index in [0.29, 0.717) is 18.0 Å². The summed E-state index contributed by atoms with van der Waals surface area (Å²) in [6.07, 6.45) is 4.98. The van der Waals surface area contributed by atoms with E-state index in [9.17, 15) is 0 Å². The second-order valence-electron chi connectivity index (χ2n) is 5.84. The zero-order valence-electron chi connectivity index (χ0n) is 12.0. The van der Waals surface area contributed by atoms with E-state index in [1.807, 2.05) is 12.1 Å². The number of nitrogens with zero attached hydrogens (tertiary/aromatic N) is 1. The van der Waals surface area contributed by atoms with Crippen LogP contribution in [-0.4, -0.2) is 30.6 Å². The summed E-state index contributed by atoms with van der Waals surface area (Å²) >= 11 is 5.93. The standard InChI is InChI=1S/C16H25ClN2/c1-12(10-13-6-8-15(17)9-7-13)19(2)16-5-3-4-14(16)11-18/h6-9,12,14,16H,3-5,10-11,18H2,1-2H3. The van der Waals surface area contributed by atoms with Crippen molar-refractivity contribution in [2.24, 2.45) is 11.7 Å². The Morgan fingerprint density at radius 1 is 1.32 bits per heavy atom. The monoisotopic (exact) mass is 280 g/mol. The normalized spacial score (nSPS) is 24.9. The van der Waals surface area contributed by atoms with Gasteiger partial charge in [-0.2, -0.15) is 0 Å². The van der Waals surface area contributed by atoms with Crippen molar-refractivity contribution in [2.45, 2.75) is 44.7 Å². The zero-order chi connectivity index (χ0) is 13.8. The quantitative estimate of drug-likeness (QED) is 0.896. The summed E-state index contributed by atoms with van der Waals surface area (Å²) in [7, 11) is 2.25. The van der Waals surface area contributed by atoms with Crippen molar-refractivity contribution in [3.8, 4) is 0 Å². The van der Waals surface area contributed by atoms with Crippen molar-refractivity contribution in [3.05, 3.63) is 34.9 Å². The lowest BCUT2D eigenvalue weighted by atomic mass is 9.99. The topological polar surface area (TPSA) is 29.3 Å². The molecule has 0 heterocycles. The summed E-state index contributed by atoms with van der Waals surface area (Å²) < 4.78 is 0. The van der Waals surface area contributed by atoms with Crippen molar-refractivity contribution in [1.82, 2.24) is 4.90 Å². The van der Waals surface area contributed by atoms with E-state index in [-0.39, 0.29) is 0 Å². The molecule has 0 spiro atoms. The van der Waals surface area contributed by atoms with Crippen LogP contribution >= 0.6 is 11.6 Å². The molecule has 2 nitrogen and oxygen atoms in total. The summed E-state index contributed by atoms with van der Waals surface area (Å²) in [6, 6.07) is 9.40. The van der Waals surface area contributed by atoms with Gasteiger partial charge in [0, 0.05) is 17.1 Å². The first kappa shape index (κ1) is 14.8. The van der Waals surface area contributed by atoms with Gasteiger partial charge in [-0.3, -0.25) is 0 Å². The number of nitrogens with two attached hydrogens (primary N) is 1. The van der Waals surface area contributed by atoms with Crippen LogP contribution in [0.5, 0.6) is 0 Å². The van der Waals surface area contributed by atoms with Gasteiger partial charge in [-0.1, -0.05) is 30.2 Å². The average molecular weight is 281 g/mol. The van der Waals surface area contributed by atoms with Crippen LogP contribution in [0.1, 0.15) is 31.7 Å². The SMILES string of the molecule is CC(Cc1ccc(Cl)cc1)N(C)C1CCCC1CN. The van der Waals surface area contributed by atoms with Gasteiger partial charge in [-0.05, 0) is 63.4 Å². The molecule has 106 valence electrons. The minimum absolute atomic E-state index is 0.540. The van der Waals surface area contributed by atoms with E-state index in [1.165, 1.54) is 24.8 Å². The van der Waals surface area contributed by atoms with Gasteiger partial charge in [-0.25, -0.2) is 0 Å². The van der Waals surface area contributed by atoms with E-state index >= 15 is 0 Å². The summed E-state index contributed by atoms with van der Waals surface area (Å²) in [6.45, 7) is 3.13. The molecule has 0 radical (unpaired) electrons. The highest BCUT2D eigenvalue weighted by atomic mass is 35.5. The number of benzene rings is 1. The third-order valence-electron chi connectivity index (χ3n) is 4.58. The fourth-order valence-electron chi connectivity index (χ4n) is 3.26. The third kappa shape index (κ3) is 3.71. The lowest BCUT2D eigenvalue weighted by molar-refractivity contribution is 0.151. The van der Waals surface area contributed by atoms with Gasteiger partial charge in [-0.15, -0.1) is 0 Å². The van der Waals surface area contributed by atoms with E-state index in [0.717, 1.165) is 18.0 Å². The van der Waals surface area contributed by atoms with Crippen LogP contribution in [-0.2, 0) is 6.42 Å². The van der Waals surface area contributed by atoms with Gasteiger partial charge in [0.1, 0.15) is 0 Å². The molecule has 1 aliphatic rings. The number of halogens is 1. The fourth-order valence-corrected chi connectivity index (χ4v) is 3.39. The van der Waals surface area contributed by atoms with Crippen LogP contribution in [0, 0.1) is 5.92 Å². The molecule has 0 saturated heterocycles. The van der Waals surface area contributed by atoms with E-state index < -0.39 is 0 Å². The molecule has 1 aromatic carbocycles. The van der Waals surface area contributed by atoms with Gasteiger partial charge >= 0.3 is 0 Å². The maximum absolute atomic E-state index is 5.93. The van der Waals surface area contributed by atoms with Crippen LogP contribution in [0.25, 0.3) is 0 Å². The van der Waals surface area contributed by atoms with Crippen molar-refractivity contribution in [2.75, 3.05) is 13.6 Å². The molecular formula is C16H25ClN2. The Labute approximate surface area is 121 Å². The van der Waals surface area contributed by atoms with Gasteiger partial charge in [0.25, 0.3) is 0 Å². The average Bonchev–Trinajstić information content (AvgIpc) is 2.88. The predicted molar refractivity (Wildman–Crippen MR) is 82.6 cm³/mol. The first-order valence-corrected chi connectivity index (χ1v) is 7.66. The molecule has 2 N–H and O–H groups in total. The first-order chi connectivity index (χ1) is 9.11. The molecule has 0 amide bonds. The molecule has 2 rings (SSSR count). The summed E-state index contributed by atoms with van der Waals surface area (Å²) in [5.74, 6) is 0.678. The minimum atomic E-state index is 0.540. The lowest BCUT2D eigenvalue weighted by Crippen LogP contribution is -2.43. The summed E-state index contributed by atoms with van der Waals surface area (Å²) in [5, 5.41) is 0.809. The van der Waals surface area contributed by atoms with Crippen molar-refractivity contribution in [1.29, 1.82) is 0 Å². The van der Waals surface area contributed by atoms with Crippen LogP contribution in [0.15, 0.2) is 24.3 Å². The molecule has 19 heavy (non-hydrogen) atoms. The molecule has 1 aromatic rings. The molecule has 0 aliphatic heterocycles. The first-order valence-electron chi connectivity index (χ1n) is 7.28. The van der Waals surface area contributed by atoms with Crippen molar-refractivity contribution < 1.29 is 0 Å². The highest BCUT2D eigenvalue weighted by Crippen LogP contribution is 2.30. The Morgan fingerprint density at radius 3 is 2.63 bits per heavy atom. The Balaban J connectivity index is 1.95. The van der Waals surface area contributed by atoms with Crippen molar-refractivity contribution in [3.63, 3.8) is 0 Å². The Morgan fingerprint density at radius 2 is 2.00 bits per heavy atom. The Bertz CT molecular complexity index is 390. The van der Waals surface area contributed by atoms with Gasteiger partial charge in [0.05, 0.1) is 0 Å². The largest absolute Gasteiger partial charge is 0.330 e. The van der Waals surface area contributed by atoms with Crippen molar-refractivity contribution >= 4 is 11.6 Å². The number of hydrogen-bond acceptors (Lipinski definition) is 2. The highest BCUT2D eigenvalue weighted by molar-refractivity contribution is 6.30. The lowest BCUT2D eigenvalue weighted by Gasteiger charge is -2.34. The van der Waals surface area contributed by atoms with Crippen LogP contribution in [0.2, 0.25) is 5.02 Å². The molecule has 3 heteroatoms. The van der Waals surface area contributed by atoms with E-state index in [4.69, 9.17) is 17.3 Å². The molecule has 1 fully saturated rings.